The number of rotatable bonds is 5. The lowest BCUT2D eigenvalue weighted by Gasteiger charge is -2.17. The molecule has 0 aliphatic carbocycles. The first-order chi connectivity index (χ1) is 12.1. The fourth-order valence-electron chi connectivity index (χ4n) is 2.70. The third-order valence-electron chi connectivity index (χ3n) is 4.14. The predicted octanol–water partition coefficient (Wildman–Crippen LogP) is 3.15. The number of benzene rings is 1. The van der Waals surface area contributed by atoms with Crippen molar-refractivity contribution in [2.75, 3.05) is 0 Å². The number of aryl methyl sites for hydroxylation is 1. The Hall–Kier alpha value is -2.73. The number of carbonyl (C=O) groups excluding carboxylic acids is 1. The Bertz CT molecular complexity index is 918. The van der Waals surface area contributed by atoms with Gasteiger partial charge in [-0.1, -0.05) is 30.3 Å². The lowest BCUT2D eigenvalue weighted by Crippen LogP contribution is -2.35. The summed E-state index contributed by atoms with van der Waals surface area (Å²) in [6, 6.07) is 11.4. The highest BCUT2D eigenvalue weighted by molar-refractivity contribution is 7.09. The Morgan fingerprint density at radius 3 is 2.72 bits per heavy atom. The van der Waals surface area contributed by atoms with Crippen LogP contribution in [0.25, 0.3) is 0 Å². The number of thiazole rings is 1. The van der Waals surface area contributed by atoms with E-state index < -0.39 is 0 Å². The van der Waals surface area contributed by atoms with E-state index in [1.165, 1.54) is 11.3 Å². The molecule has 0 saturated carbocycles. The van der Waals surface area contributed by atoms with E-state index in [1.807, 2.05) is 42.6 Å². The molecule has 2 heterocycles. The fourth-order valence-corrected chi connectivity index (χ4v) is 3.25. The summed E-state index contributed by atoms with van der Waals surface area (Å²) in [4.78, 5) is 29.6. The molecule has 0 bridgehead atoms. The molecular weight excluding hydrogens is 334 g/mol. The molecule has 128 valence electrons. The summed E-state index contributed by atoms with van der Waals surface area (Å²) < 4.78 is 1.60. The van der Waals surface area contributed by atoms with Gasteiger partial charge >= 0.3 is 0 Å². The molecule has 1 atom stereocenters. The summed E-state index contributed by atoms with van der Waals surface area (Å²) in [7, 11) is 0. The zero-order chi connectivity index (χ0) is 17.8. The standard InChI is InChI=1S/C19H19N3O2S/c1-13-8-10-22(14(2)15-6-4-3-5-7-15)19(24)17(13)18(23)21-12-16-20-9-11-25-16/h3-11,14H,12H2,1-2H3,(H,21,23). The third kappa shape index (κ3) is 3.69. The average molecular weight is 353 g/mol. The van der Waals surface area contributed by atoms with E-state index in [0.29, 0.717) is 12.1 Å². The largest absolute Gasteiger partial charge is 0.345 e. The van der Waals surface area contributed by atoms with Gasteiger partial charge in [-0.15, -0.1) is 11.3 Å². The monoisotopic (exact) mass is 353 g/mol. The van der Waals surface area contributed by atoms with E-state index in [1.54, 1.807) is 30.0 Å². The van der Waals surface area contributed by atoms with Gasteiger partial charge in [0.2, 0.25) is 0 Å². The van der Waals surface area contributed by atoms with E-state index in [-0.39, 0.29) is 23.1 Å². The second-order valence-corrected chi connectivity index (χ2v) is 6.76. The Balaban J connectivity index is 1.89. The fraction of sp³-hybridized carbons (Fsp3) is 0.211. The van der Waals surface area contributed by atoms with E-state index in [0.717, 1.165) is 10.6 Å². The van der Waals surface area contributed by atoms with Gasteiger partial charge in [0.15, 0.2) is 0 Å². The lowest BCUT2D eigenvalue weighted by atomic mass is 10.1. The lowest BCUT2D eigenvalue weighted by molar-refractivity contribution is 0.0948. The van der Waals surface area contributed by atoms with Gasteiger partial charge in [0.1, 0.15) is 10.6 Å². The average Bonchev–Trinajstić information content (AvgIpc) is 3.14. The van der Waals surface area contributed by atoms with Crippen molar-refractivity contribution in [3.8, 4) is 0 Å². The van der Waals surface area contributed by atoms with Crippen molar-refractivity contribution in [1.82, 2.24) is 14.9 Å². The molecule has 1 unspecified atom stereocenters. The molecule has 1 aromatic carbocycles. The van der Waals surface area contributed by atoms with Crippen LogP contribution in [0.3, 0.4) is 0 Å². The maximum absolute atomic E-state index is 12.9. The zero-order valence-corrected chi connectivity index (χ0v) is 14.9. The second-order valence-electron chi connectivity index (χ2n) is 5.78. The molecule has 5 nitrogen and oxygen atoms in total. The van der Waals surface area contributed by atoms with Crippen molar-refractivity contribution >= 4 is 17.2 Å². The second kappa shape index (κ2) is 7.44. The van der Waals surface area contributed by atoms with Gasteiger partial charge in [-0.05, 0) is 31.0 Å². The molecule has 2 aromatic heterocycles. The molecule has 1 amide bonds. The topological polar surface area (TPSA) is 64.0 Å². The van der Waals surface area contributed by atoms with Gasteiger partial charge in [-0.3, -0.25) is 9.59 Å². The number of nitrogens with one attached hydrogen (secondary N) is 1. The Labute approximate surface area is 150 Å². The molecule has 6 heteroatoms. The van der Waals surface area contributed by atoms with Crippen LogP contribution in [0.4, 0.5) is 0 Å². The highest BCUT2D eigenvalue weighted by Gasteiger charge is 2.18. The van der Waals surface area contributed by atoms with Crippen LogP contribution in [0.5, 0.6) is 0 Å². The minimum Gasteiger partial charge on any atom is -0.345 e. The van der Waals surface area contributed by atoms with Gasteiger partial charge in [0.05, 0.1) is 12.6 Å². The van der Waals surface area contributed by atoms with Crippen LogP contribution in [0.2, 0.25) is 0 Å². The van der Waals surface area contributed by atoms with Crippen LogP contribution in [0.1, 0.15) is 39.5 Å². The van der Waals surface area contributed by atoms with E-state index in [9.17, 15) is 9.59 Å². The molecule has 0 spiro atoms. The highest BCUT2D eigenvalue weighted by atomic mass is 32.1. The Kier molecular flexibility index (Phi) is 5.09. The van der Waals surface area contributed by atoms with E-state index >= 15 is 0 Å². The number of hydrogen-bond donors (Lipinski definition) is 1. The number of amides is 1. The smallest absolute Gasteiger partial charge is 0.264 e. The molecule has 0 aliphatic rings. The Morgan fingerprint density at radius 2 is 2.04 bits per heavy atom. The normalized spacial score (nSPS) is 11.9. The molecule has 0 saturated heterocycles. The number of aromatic nitrogens is 2. The van der Waals surface area contributed by atoms with Crippen LogP contribution in [0, 0.1) is 6.92 Å². The van der Waals surface area contributed by atoms with E-state index in [2.05, 4.69) is 10.3 Å². The summed E-state index contributed by atoms with van der Waals surface area (Å²) >= 11 is 1.46. The Morgan fingerprint density at radius 1 is 1.28 bits per heavy atom. The summed E-state index contributed by atoms with van der Waals surface area (Å²) in [5.74, 6) is -0.368. The minimum atomic E-state index is -0.368. The van der Waals surface area contributed by atoms with Gasteiger partial charge in [0, 0.05) is 17.8 Å². The van der Waals surface area contributed by atoms with Crippen LogP contribution < -0.4 is 10.9 Å². The first-order valence-electron chi connectivity index (χ1n) is 8.01. The van der Waals surface area contributed by atoms with Crippen molar-refractivity contribution in [2.24, 2.45) is 0 Å². The van der Waals surface area contributed by atoms with Crippen molar-refractivity contribution in [1.29, 1.82) is 0 Å². The van der Waals surface area contributed by atoms with Crippen LogP contribution in [-0.4, -0.2) is 15.5 Å². The van der Waals surface area contributed by atoms with Crippen LogP contribution in [-0.2, 0) is 6.54 Å². The van der Waals surface area contributed by atoms with Crippen LogP contribution >= 0.6 is 11.3 Å². The molecule has 25 heavy (non-hydrogen) atoms. The number of pyridine rings is 1. The molecule has 0 aliphatic heterocycles. The molecular formula is C19H19N3O2S. The third-order valence-corrected chi connectivity index (χ3v) is 4.92. The summed E-state index contributed by atoms with van der Waals surface area (Å²) in [5.41, 5.74) is 1.58. The summed E-state index contributed by atoms with van der Waals surface area (Å²) in [6.45, 7) is 4.04. The first kappa shape index (κ1) is 17.1. The molecule has 0 fully saturated rings. The maximum atomic E-state index is 12.9. The maximum Gasteiger partial charge on any atom is 0.264 e. The van der Waals surface area contributed by atoms with Crippen molar-refractivity contribution in [2.45, 2.75) is 26.4 Å². The summed E-state index contributed by atoms with van der Waals surface area (Å²) in [5, 5.41) is 5.44. The van der Waals surface area contributed by atoms with Gasteiger partial charge in [-0.25, -0.2) is 4.98 Å². The zero-order valence-electron chi connectivity index (χ0n) is 14.1. The molecule has 1 N–H and O–H groups in total. The highest BCUT2D eigenvalue weighted by Crippen LogP contribution is 2.16. The van der Waals surface area contributed by atoms with E-state index in [4.69, 9.17) is 0 Å². The predicted molar refractivity (Wildman–Crippen MR) is 99.0 cm³/mol. The number of hydrogen-bond acceptors (Lipinski definition) is 4. The molecule has 0 radical (unpaired) electrons. The van der Waals surface area contributed by atoms with Crippen molar-refractivity contribution in [3.63, 3.8) is 0 Å². The van der Waals surface area contributed by atoms with Gasteiger partial charge in [-0.2, -0.15) is 0 Å². The summed E-state index contributed by atoms with van der Waals surface area (Å²) in [6.07, 6.45) is 3.43. The molecule has 3 rings (SSSR count). The van der Waals surface area contributed by atoms with Gasteiger partial charge < -0.3 is 9.88 Å². The minimum absolute atomic E-state index is 0.153. The quantitative estimate of drug-likeness (QED) is 0.766. The van der Waals surface area contributed by atoms with Crippen molar-refractivity contribution in [3.05, 3.63) is 86.2 Å². The number of nitrogens with zero attached hydrogens (tertiary/aromatic N) is 2. The SMILES string of the molecule is Cc1ccn(C(C)c2ccccc2)c(=O)c1C(=O)NCc1nccs1. The molecule has 3 aromatic rings. The van der Waals surface area contributed by atoms with Crippen molar-refractivity contribution < 1.29 is 4.79 Å². The first-order valence-corrected chi connectivity index (χ1v) is 8.89. The van der Waals surface area contributed by atoms with Gasteiger partial charge in [0.25, 0.3) is 11.5 Å². The number of carbonyl (C=O) groups is 1. The van der Waals surface area contributed by atoms with Crippen LogP contribution in [0.15, 0.2) is 59.0 Å².